The van der Waals surface area contributed by atoms with Gasteiger partial charge < -0.3 is 19.4 Å². The van der Waals surface area contributed by atoms with Gasteiger partial charge in [-0.05, 0) is 5.92 Å². The van der Waals surface area contributed by atoms with Gasteiger partial charge in [-0.3, -0.25) is 0 Å². The van der Waals surface area contributed by atoms with E-state index in [1.807, 2.05) is 0 Å². The van der Waals surface area contributed by atoms with E-state index in [2.05, 4.69) is 4.52 Å². The van der Waals surface area contributed by atoms with E-state index in [9.17, 15) is 0 Å². The zero-order valence-corrected chi connectivity index (χ0v) is 6.87. The molecule has 0 bridgehead atoms. The summed E-state index contributed by atoms with van der Waals surface area (Å²) < 4.78 is 4.32. The van der Waals surface area contributed by atoms with Crippen LogP contribution in [0.2, 0.25) is 6.32 Å². The number of hydrogen-bond donors (Lipinski definition) is 4. The number of aliphatic hydroxyl groups excluding tert-OH is 1. The van der Waals surface area contributed by atoms with Crippen LogP contribution in [0.25, 0.3) is 0 Å². The Morgan fingerprint density at radius 2 is 2.09 bits per heavy atom. The van der Waals surface area contributed by atoms with Crippen LogP contribution in [0.15, 0.2) is 0 Å². The quantitative estimate of drug-likeness (QED) is 0.344. The van der Waals surface area contributed by atoms with Crippen molar-refractivity contribution in [1.82, 2.24) is 0 Å². The molecule has 0 aliphatic rings. The van der Waals surface area contributed by atoms with Gasteiger partial charge in [0.2, 0.25) is 0 Å². The van der Waals surface area contributed by atoms with Gasteiger partial charge in [-0.2, -0.15) is 0 Å². The molecule has 1 atom stereocenters. The summed E-state index contributed by atoms with van der Waals surface area (Å²) in [4.78, 5) is 16.9. The summed E-state index contributed by atoms with van der Waals surface area (Å²) in [6, 6.07) is 0. The van der Waals surface area contributed by atoms with E-state index in [0.717, 1.165) is 0 Å². The fraction of sp³-hybridized carbons (Fsp3) is 1.00. The lowest BCUT2D eigenvalue weighted by atomic mass is 9.93. The summed E-state index contributed by atoms with van der Waals surface area (Å²) in [5.41, 5.74) is 0. The average molecular weight is 179 g/mol. The summed E-state index contributed by atoms with van der Waals surface area (Å²) in [6.45, 7) is -0.284. The van der Waals surface area contributed by atoms with Crippen LogP contribution >= 0.6 is 7.74 Å². The zero-order valence-electron chi connectivity index (χ0n) is 5.97. The van der Waals surface area contributed by atoms with Crippen molar-refractivity contribution in [1.29, 1.82) is 5.16 Å². The number of aliphatic hydroxyl groups is 1. The standard InChI is InChI=1S/C4H11BNO4P/c5-1-4(2-7)3-10-11(6,8)9/h4,7H,1-3H2,(H3,6,8,9)/t4-/m0/s1. The second-order valence-corrected chi connectivity index (χ2v) is 3.47. The highest BCUT2D eigenvalue weighted by molar-refractivity contribution is 7.47. The molecule has 0 heterocycles. The van der Waals surface area contributed by atoms with Crippen LogP contribution in [-0.2, 0) is 4.52 Å². The van der Waals surface area contributed by atoms with E-state index < -0.39 is 7.74 Å². The molecule has 0 saturated carbocycles. The minimum absolute atomic E-state index is 0.0999. The largest absolute Gasteiger partial charge is 0.396 e. The number of hydrogen-bond acceptors (Lipinski definition) is 3. The van der Waals surface area contributed by atoms with Gasteiger partial charge in [0.1, 0.15) is 0 Å². The van der Waals surface area contributed by atoms with Gasteiger partial charge in [0.25, 0.3) is 0 Å². The molecule has 0 fully saturated rings. The maximum atomic E-state index is 8.55. The van der Waals surface area contributed by atoms with E-state index in [-0.39, 0.29) is 25.5 Å². The van der Waals surface area contributed by atoms with Crippen LogP contribution in [-0.4, -0.2) is 36.0 Å². The molecule has 0 aromatic heterocycles. The molecule has 0 amide bonds. The Hall–Kier alpha value is 0.135. The van der Waals surface area contributed by atoms with Gasteiger partial charge in [0.15, 0.2) is 0 Å². The highest BCUT2D eigenvalue weighted by atomic mass is 31.2. The van der Waals surface area contributed by atoms with Crippen LogP contribution < -0.4 is 0 Å². The highest BCUT2D eigenvalue weighted by Gasteiger charge is 2.12. The van der Waals surface area contributed by atoms with E-state index in [4.69, 9.17) is 27.9 Å². The maximum absolute atomic E-state index is 8.55. The van der Waals surface area contributed by atoms with Crippen molar-refractivity contribution < 1.29 is 19.4 Å². The van der Waals surface area contributed by atoms with Gasteiger partial charge in [-0.15, -0.1) is 0 Å². The molecule has 0 rings (SSSR count). The molecule has 0 aliphatic heterocycles. The lowest BCUT2D eigenvalue weighted by Crippen LogP contribution is -2.12. The Bertz CT molecular complexity index is 145. The molecule has 0 spiro atoms. The average Bonchev–Trinajstić information content (AvgIpc) is 1.88. The fourth-order valence-corrected chi connectivity index (χ4v) is 0.823. The number of nitrogens with one attached hydrogen (secondary N) is 1. The minimum Gasteiger partial charge on any atom is -0.396 e. The van der Waals surface area contributed by atoms with Gasteiger partial charge in [-0.1, -0.05) is 6.32 Å². The molecule has 0 aliphatic carbocycles. The Morgan fingerprint density at radius 3 is 2.36 bits per heavy atom. The van der Waals surface area contributed by atoms with Crippen LogP contribution in [0.4, 0.5) is 0 Å². The third-order valence-corrected chi connectivity index (χ3v) is 1.59. The highest BCUT2D eigenvalue weighted by Crippen LogP contribution is 2.37. The Kier molecular flexibility index (Phi) is 4.96. The van der Waals surface area contributed by atoms with Crippen molar-refractivity contribution in [3.63, 3.8) is 0 Å². The normalized spacial score (nSPS) is 14.8. The Morgan fingerprint density at radius 1 is 1.55 bits per heavy atom. The van der Waals surface area contributed by atoms with Gasteiger partial charge in [-0.25, -0.2) is 5.16 Å². The molecule has 0 saturated heterocycles. The molecule has 5 nitrogen and oxygen atoms in total. The second kappa shape index (κ2) is 4.90. The first kappa shape index (κ1) is 11.1. The summed E-state index contributed by atoms with van der Waals surface area (Å²) >= 11 is 0. The lowest BCUT2D eigenvalue weighted by molar-refractivity contribution is 0.154. The molecular weight excluding hydrogens is 168 g/mol. The summed E-state index contributed by atoms with van der Waals surface area (Å²) in [6.07, 6.45) is 0.191. The zero-order chi connectivity index (χ0) is 8.91. The van der Waals surface area contributed by atoms with Crippen LogP contribution in [0.1, 0.15) is 0 Å². The first-order valence-electron chi connectivity index (χ1n) is 3.04. The van der Waals surface area contributed by atoms with E-state index >= 15 is 0 Å². The van der Waals surface area contributed by atoms with E-state index in [0.29, 0.717) is 0 Å². The first-order valence-corrected chi connectivity index (χ1v) is 4.66. The monoisotopic (exact) mass is 179 g/mol. The van der Waals surface area contributed by atoms with E-state index in [1.54, 1.807) is 0 Å². The second-order valence-electron chi connectivity index (χ2n) is 2.12. The van der Waals surface area contributed by atoms with Gasteiger partial charge in [0, 0.05) is 6.61 Å². The van der Waals surface area contributed by atoms with E-state index in [1.165, 1.54) is 0 Å². The third-order valence-electron chi connectivity index (χ3n) is 1.08. The molecule has 0 unspecified atom stereocenters. The predicted octanol–water partition coefficient (Wildman–Crippen LogP) is -0.292. The van der Waals surface area contributed by atoms with Gasteiger partial charge in [0.05, 0.1) is 14.5 Å². The molecule has 11 heavy (non-hydrogen) atoms. The maximum Gasteiger partial charge on any atom is 0.347 e. The topological polar surface area (TPSA) is 93.8 Å². The molecule has 0 aromatic rings. The predicted molar refractivity (Wildman–Crippen MR) is 41.2 cm³/mol. The van der Waals surface area contributed by atoms with Crippen LogP contribution in [0, 0.1) is 11.1 Å². The van der Waals surface area contributed by atoms with Crippen LogP contribution in [0.5, 0.6) is 0 Å². The summed E-state index contributed by atoms with van der Waals surface area (Å²) in [5, 5.41) is 15.1. The van der Waals surface area contributed by atoms with Crippen molar-refractivity contribution in [2.75, 3.05) is 13.2 Å². The molecule has 7 heteroatoms. The van der Waals surface area contributed by atoms with Crippen molar-refractivity contribution in [2.45, 2.75) is 6.32 Å². The van der Waals surface area contributed by atoms with Crippen molar-refractivity contribution in [3.05, 3.63) is 0 Å². The minimum atomic E-state index is -3.91. The SMILES string of the molecule is [B]C[C@@H](CO)COP(=N)(O)O. The summed E-state index contributed by atoms with van der Waals surface area (Å²) in [5.74, 6) is -0.334. The van der Waals surface area contributed by atoms with Crippen LogP contribution in [0.3, 0.4) is 0 Å². The Labute approximate surface area is 66.5 Å². The van der Waals surface area contributed by atoms with Crippen molar-refractivity contribution in [2.24, 2.45) is 5.92 Å². The Balaban J connectivity index is 3.59. The molecule has 2 radical (unpaired) electrons. The summed E-state index contributed by atoms with van der Waals surface area (Å²) in [7, 11) is 1.25. The van der Waals surface area contributed by atoms with Gasteiger partial charge >= 0.3 is 7.74 Å². The first-order chi connectivity index (χ1) is 4.99. The smallest absolute Gasteiger partial charge is 0.347 e. The molecular formula is C4H11BNO4P. The fourth-order valence-electron chi connectivity index (χ4n) is 0.405. The molecule has 4 N–H and O–H groups in total. The third kappa shape index (κ3) is 6.53. The van der Waals surface area contributed by atoms with Crippen molar-refractivity contribution in [3.8, 4) is 0 Å². The number of rotatable bonds is 5. The molecule has 0 aromatic carbocycles. The lowest BCUT2D eigenvalue weighted by Gasteiger charge is -2.13. The van der Waals surface area contributed by atoms with Crippen molar-refractivity contribution >= 4 is 15.6 Å². The molecule has 64 valence electrons.